The minimum atomic E-state index is -0.202. The molecule has 1 saturated heterocycles. The first-order chi connectivity index (χ1) is 15.5. The molecule has 0 saturated carbocycles. The summed E-state index contributed by atoms with van der Waals surface area (Å²) in [5.41, 5.74) is 3.09. The van der Waals surface area contributed by atoms with Crippen LogP contribution >= 0.6 is 11.6 Å². The lowest BCUT2D eigenvalue weighted by Gasteiger charge is -2.33. The van der Waals surface area contributed by atoms with E-state index in [1.807, 2.05) is 44.2 Å². The lowest BCUT2D eigenvalue weighted by atomic mass is 9.97. The van der Waals surface area contributed by atoms with Crippen LogP contribution in [0.25, 0.3) is 11.0 Å². The summed E-state index contributed by atoms with van der Waals surface area (Å²) in [5.74, 6) is 1.47. The molecule has 3 aromatic rings. The number of nitrogens with one attached hydrogen (secondary N) is 1. The molecule has 1 aliphatic heterocycles. The topological polar surface area (TPSA) is 76.6 Å². The molecule has 1 aromatic heterocycles. The Hall–Kier alpha value is -3.06. The van der Waals surface area contributed by atoms with Gasteiger partial charge in [-0.15, -0.1) is 0 Å². The second kappa shape index (κ2) is 9.61. The Morgan fingerprint density at radius 1 is 1.25 bits per heavy atom. The highest BCUT2D eigenvalue weighted by atomic mass is 35.5. The van der Waals surface area contributed by atoms with Gasteiger partial charge in [0.15, 0.2) is 5.82 Å². The summed E-state index contributed by atoms with van der Waals surface area (Å²) in [7, 11) is 1.56. The van der Waals surface area contributed by atoms with Crippen molar-refractivity contribution in [3.8, 4) is 11.6 Å². The van der Waals surface area contributed by atoms with E-state index in [0.29, 0.717) is 41.3 Å². The number of fused-ring (bicyclic) bond motifs is 1. The van der Waals surface area contributed by atoms with E-state index in [9.17, 15) is 4.79 Å². The van der Waals surface area contributed by atoms with Crippen LogP contribution in [0.3, 0.4) is 0 Å². The van der Waals surface area contributed by atoms with E-state index >= 15 is 0 Å². The van der Waals surface area contributed by atoms with Gasteiger partial charge in [-0.2, -0.15) is 0 Å². The van der Waals surface area contributed by atoms with E-state index in [4.69, 9.17) is 26.1 Å². The highest BCUT2D eigenvalue weighted by Gasteiger charge is 2.29. The van der Waals surface area contributed by atoms with Crippen LogP contribution in [0.1, 0.15) is 25.3 Å². The van der Waals surface area contributed by atoms with Gasteiger partial charge in [0.05, 0.1) is 36.4 Å². The first-order valence-corrected chi connectivity index (χ1v) is 11.2. The quantitative estimate of drug-likeness (QED) is 0.573. The number of carbonyl (C=O) groups excluding carboxylic acids is 1. The van der Waals surface area contributed by atoms with E-state index < -0.39 is 0 Å². The predicted octanol–water partition coefficient (Wildman–Crippen LogP) is 4.85. The Morgan fingerprint density at radius 3 is 2.72 bits per heavy atom. The number of rotatable bonds is 6. The molecular weight excluding hydrogens is 428 g/mol. The molecule has 1 N–H and O–H groups in total. The Kier molecular flexibility index (Phi) is 6.65. The standard InChI is InChI=1S/C24H27ClN4O3/c1-4-32-24-22(26-18-9-5-6-10-19(18)28-24)29-11-7-8-16(14-29)23(30)27-20-12-15(2)17(25)13-21(20)31-3/h5-6,9-10,12-13,16H,4,7-8,11,14H2,1-3H3,(H,27,30)/t16-/m0/s1. The fourth-order valence-corrected chi connectivity index (χ4v) is 4.12. The molecule has 8 heteroatoms. The maximum absolute atomic E-state index is 13.1. The van der Waals surface area contributed by atoms with Crippen molar-refractivity contribution in [3.63, 3.8) is 0 Å². The molecule has 2 heterocycles. The summed E-state index contributed by atoms with van der Waals surface area (Å²) >= 11 is 6.19. The smallest absolute Gasteiger partial charge is 0.258 e. The average molecular weight is 455 g/mol. The molecule has 1 atom stereocenters. The van der Waals surface area contributed by atoms with Crippen molar-refractivity contribution < 1.29 is 14.3 Å². The van der Waals surface area contributed by atoms with Gasteiger partial charge >= 0.3 is 0 Å². The van der Waals surface area contributed by atoms with Gasteiger partial charge < -0.3 is 19.7 Å². The normalized spacial score (nSPS) is 16.1. The number of anilines is 2. The number of aryl methyl sites for hydroxylation is 1. The summed E-state index contributed by atoms with van der Waals surface area (Å²) in [5, 5.41) is 3.62. The number of nitrogens with zero attached hydrogens (tertiary/aromatic N) is 3. The molecular formula is C24H27ClN4O3. The minimum Gasteiger partial charge on any atom is -0.495 e. The number of methoxy groups -OCH3 is 1. The molecule has 4 rings (SSSR count). The van der Waals surface area contributed by atoms with Crippen molar-refractivity contribution in [2.45, 2.75) is 26.7 Å². The van der Waals surface area contributed by atoms with Gasteiger partial charge in [-0.3, -0.25) is 4.79 Å². The Balaban J connectivity index is 1.57. The highest BCUT2D eigenvalue weighted by Crippen LogP contribution is 2.33. The third kappa shape index (κ3) is 4.58. The van der Waals surface area contributed by atoms with Crippen LogP contribution < -0.4 is 19.7 Å². The Bertz CT molecular complexity index is 1140. The number of carbonyl (C=O) groups is 1. The van der Waals surface area contributed by atoms with Crippen molar-refractivity contribution in [2.24, 2.45) is 5.92 Å². The molecule has 0 radical (unpaired) electrons. The van der Waals surface area contributed by atoms with Gasteiger partial charge in [0, 0.05) is 24.2 Å². The van der Waals surface area contributed by atoms with E-state index in [1.54, 1.807) is 13.2 Å². The van der Waals surface area contributed by atoms with Gasteiger partial charge in [0.1, 0.15) is 5.75 Å². The van der Waals surface area contributed by atoms with Crippen molar-refractivity contribution in [2.75, 3.05) is 37.0 Å². The van der Waals surface area contributed by atoms with Crippen LogP contribution in [-0.2, 0) is 4.79 Å². The molecule has 0 unspecified atom stereocenters. The van der Waals surface area contributed by atoms with Gasteiger partial charge in [0.2, 0.25) is 5.91 Å². The number of hydrogen-bond acceptors (Lipinski definition) is 6. The zero-order valence-corrected chi connectivity index (χ0v) is 19.3. The molecule has 2 aromatic carbocycles. The summed E-state index contributed by atoms with van der Waals surface area (Å²) < 4.78 is 11.2. The lowest BCUT2D eigenvalue weighted by molar-refractivity contribution is -0.120. The van der Waals surface area contributed by atoms with Crippen LogP contribution in [0, 0.1) is 12.8 Å². The molecule has 7 nitrogen and oxygen atoms in total. The second-order valence-electron chi connectivity index (χ2n) is 7.85. The number of benzene rings is 2. The fraction of sp³-hybridized carbons (Fsp3) is 0.375. The number of halogens is 1. The minimum absolute atomic E-state index is 0.0542. The maximum atomic E-state index is 13.1. The zero-order valence-electron chi connectivity index (χ0n) is 18.5. The number of piperidine rings is 1. The van der Waals surface area contributed by atoms with E-state index in [1.165, 1.54) is 0 Å². The van der Waals surface area contributed by atoms with Gasteiger partial charge in [-0.25, -0.2) is 9.97 Å². The number of para-hydroxylation sites is 2. The van der Waals surface area contributed by atoms with E-state index in [0.717, 1.165) is 36.0 Å². The van der Waals surface area contributed by atoms with Gasteiger partial charge in [-0.1, -0.05) is 23.7 Å². The molecule has 0 spiro atoms. The number of aromatic nitrogens is 2. The van der Waals surface area contributed by atoms with Crippen molar-refractivity contribution in [3.05, 3.63) is 47.0 Å². The van der Waals surface area contributed by atoms with Crippen LogP contribution in [-0.4, -0.2) is 42.7 Å². The van der Waals surface area contributed by atoms with Gasteiger partial charge in [-0.05, 0) is 50.5 Å². The van der Waals surface area contributed by atoms with Crippen molar-refractivity contribution >= 4 is 40.0 Å². The maximum Gasteiger partial charge on any atom is 0.258 e. The Morgan fingerprint density at radius 2 is 2.00 bits per heavy atom. The summed E-state index contributed by atoms with van der Waals surface area (Å²) in [6.07, 6.45) is 1.66. The third-order valence-electron chi connectivity index (χ3n) is 5.63. The van der Waals surface area contributed by atoms with Crippen LogP contribution in [0.2, 0.25) is 5.02 Å². The molecule has 1 amide bonds. The molecule has 0 bridgehead atoms. The third-order valence-corrected chi connectivity index (χ3v) is 6.04. The molecule has 1 fully saturated rings. The summed E-state index contributed by atoms with van der Waals surface area (Å²) in [4.78, 5) is 24.7. The number of hydrogen-bond donors (Lipinski definition) is 1. The van der Waals surface area contributed by atoms with Crippen molar-refractivity contribution in [1.82, 2.24) is 9.97 Å². The van der Waals surface area contributed by atoms with Crippen LogP contribution in [0.5, 0.6) is 11.6 Å². The molecule has 32 heavy (non-hydrogen) atoms. The predicted molar refractivity (Wildman–Crippen MR) is 127 cm³/mol. The molecule has 1 aliphatic rings. The fourth-order valence-electron chi connectivity index (χ4n) is 3.96. The van der Waals surface area contributed by atoms with E-state index in [-0.39, 0.29) is 11.8 Å². The molecule has 168 valence electrons. The average Bonchev–Trinajstić information content (AvgIpc) is 2.81. The van der Waals surface area contributed by atoms with Gasteiger partial charge in [0.25, 0.3) is 5.88 Å². The summed E-state index contributed by atoms with van der Waals surface area (Å²) in [6.45, 7) is 5.64. The lowest BCUT2D eigenvalue weighted by Crippen LogP contribution is -2.41. The van der Waals surface area contributed by atoms with E-state index in [2.05, 4.69) is 15.2 Å². The zero-order chi connectivity index (χ0) is 22.7. The SMILES string of the molecule is CCOc1nc2ccccc2nc1N1CCC[C@H](C(=O)Nc2cc(C)c(Cl)cc2OC)C1. The number of amides is 1. The van der Waals surface area contributed by atoms with Crippen LogP contribution in [0.4, 0.5) is 11.5 Å². The monoisotopic (exact) mass is 454 g/mol. The summed E-state index contributed by atoms with van der Waals surface area (Å²) in [6, 6.07) is 11.3. The second-order valence-corrected chi connectivity index (χ2v) is 8.26. The molecule has 0 aliphatic carbocycles. The Labute approximate surface area is 192 Å². The highest BCUT2D eigenvalue weighted by molar-refractivity contribution is 6.31. The van der Waals surface area contributed by atoms with Crippen molar-refractivity contribution in [1.29, 1.82) is 0 Å². The largest absolute Gasteiger partial charge is 0.495 e. The number of ether oxygens (including phenoxy) is 2. The first kappa shape index (κ1) is 22.1. The first-order valence-electron chi connectivity index (χ1n) is 10.8. The van der Waals surface area contributed by atoms with Crippen LogP contribution in [0.15, 0.2) is 36.4 Å².